The van der Waals surface area contributed by atoms with Crippen molar-refractivity contribution in [1.29, 1.82) is 0 Å². The maximum Gasteiger partial charge on any atom is 0.333 e. The van der Waals surface area contributed by atoms with Crippen molar-refractivity contribution < 1.29 is 19.1 Å². The van der Waals surface area contributed by atoms with E-state index in [2.05, 4.69) is 17.9 Å². The third kappa shape index (κ3) is 6.22. The molecule has 3 saturated carbocycles. The lowest BCUT2D eigenvalue weighted by molar-refractivity contribution is -0.138. The molecule has 0 heterocycles. The first-order chi connectivity index (χ1) is 12.2. The van der Waals surface area contributed by atoms with E-state index in [1.807, 2.05) is 0 Å². The van der Waals surface area contributed by atoms with E-state index in [0.29, 0.717) is 17.8 Å². The Bertz CT molecular complexity index is 528. The molecule has 3 aliphatic carbocycles. The van der Waals surface area contributed by atoms with E-state index in [1.54, 1.807) is 52.4 Å². The van der Waals surface area contributed by atoms with Crippen molar-refractivity contribution in [2.45, 2.75) is 66.2 Å². The van der Waals surface area contributed by atoms with Crippen LogP contribution in [0.4, 0.5) is 0 Å². The second-order valence-corrected chi connectivity index (χ2v) is 7.76. The van der Waals surface area contributed by atoms with Crippen LogP contribution in [0.15, 0.2) is 24.3 Å². The van der Waals surface area contributed by atoms with Gasteiger partial charge in [0, 0.05) is 12.5 Å². The van der Waals surface area contributed by atoms with Gasteiger partial charge in [0.1, 0.15) is 0 Å². The Balaban J connectivity index is 0.000000199. The van der Waals surface area contributed by atoms with E-state index in [-0.39, 0.29) is 5.97 Å². The van der Waals surface area contributed by atoms with Crippen LogP contribution < -0.4 is 0 Å². The molecule has 0 spiro atoms. The number of ketones is 2. The molecule has 0 N–H and O–H groups in total. The zero-order valence-corrected chi connectivity index (χ0v) is 16.8. The summed E-state index contributed by atoms with van der Waals surface area (Å²) in [6, 6.07) is 0. The zero-order chi connectivity index (χ0) is 19.9. The summed E-state index contributed by atoms with van der Waals surface area (Å²) in [5, 5.41) is 0. The number of hydrogen-bond acceptors (Lipinski definition) is 4. The molecule has 0 aromatic carbocycles. The fourth-order valence-electron chi connectivity index (χ4n) is 4.57. The van der Waals surface area contributed by atoms with E-state index in [4.69, 9.17) is 0 Å². The highest BCUT2D eigenvalue weighted by Gasteiger charge is 2.48. The third-order valence-electron chi connectivity index (χ3n) is 5.68. The lowest BCUT2D eigenvalue weighted by Crippen LogP contribution is -2.15. The van der Waals surface area contributed by atoms with Gasteiger partial charge in [-0.15, -0.1) is 0 Å². The quantitative estimate of drug-likeness (QED) is 0.414. The van der Waals surface area contributed by atoms with Crippen LogP contribution in [0.3, 0.4) is 0 Å². The van der Waals surface area contributed by atoms with Gasteiger partial charge in [0.15, 0.2) is 5.78 Å². The molecule has 0 aromatic heterocycles. The van der Waals surface area contributed by atoms with E-state index >= 15 is 0 Å². The number of ether oxygens (including phenoxy) is 1. The first-order valence-electron chi connectivity index (χ1n) is 9.72. The Labute approximate surface area is 158 Å². The number of rotatable bonds is 4. The van der Waals surface area contributed by atoms with Gasteiger partial charge in [-0.3, -0.25) is 9.59 Å². The Morgan fingerprint density at radius 1 is 0.885 bits per heavy atom. The van der Waals surface area contributed by atoms with Crippen molar-refractivity contribution in [2.24, 2.45) is 23.7 Å². The van der Waals surface area contributed by atoms with E-state index < -0.39 is 11.6 Å². The summed E-state index contributed by atoms with van der Waals surface area (Å²) in [4.78, 5) is 31.0. The van der Waals surface area contributed by atoms with Gasteiger partial charge < -0.3 is 4.74 Å². The van der Waals surface area contributed by atoms with E-state index in [0.717, 1.165) is 0 Å². The standard InChI is InChI=1S/C10H16.C6H10O2.C6H8O2/c1-2-9-7-4-5-8(6-7)10(9)3-1;1-4-8-6(7)5(2)3;1-4(2)6(8)5(3)7/h7-10H,1-6H2;2,4H2,1,3H3;1H2,2-3H3. The second kappa shape index (κ2) is 10.4. The fourth-order valence-corrected chi connectivity index (χ4v) is 4.57. The Morgan fingerprint density at radius 3 is 1.65 bits per heavy atom. The summed E-state index contributed by atoms with van der Waals surface area (Å²) < 4.78 is 4.56. The predicted molar refractivity (Wildman–Crippen MR) is 104 cm³/mol. The average molecular weight is 363 g/mol. The number of fused-ring (bicyclic) bond motifs is 5. The topological polar surface area (TPSA) is 60.4 Å². The van der Waals surface area contributed by atoms with Crippen LogP contribution >= 0.6 is 0 Å². The largest absolute Gasteiger partial charge is 0.463 e. The minimum atomic E-state index is -0.481. The molecule has 2 bridgehead atoms. The summed E-state index contributed by atoms with van der Waals surface area (Å²) in [5.74, 6) is 3.56. The first kappa shape index (κ1) is 22.3. The highest BCUT2D eigenvalue weighted by atomic mass is 16.5. The van der Waals surface area contributed by atoms with Crippen molar-refractivity contribution in [3.05, 3.63) is 24.3 Å². The Kier molecular flexibility index (Phi) is 8.97. The molecule has 4 nitrogen and oxygen atoms in total. The molecule has 4 atom stereocenters. The number of carbonyl (C=O) groups excluding carboxylic acids is 3. The molecule has 146 valence electrons. The molecule has 4 heteroatoms. The van der Waals surface area contributed by atoms with Gasteiger partial charge >= 0.3 is 5.97 Å². The molecular weight excluding hydrogens is 328 g/mol. The third-order valence-corrected chi connectivity index (χ3v) is 5.68. The number of allylic oxidation sites excluding steroid dienone is 1. The van der Waals surface area contributed by atoms with Crippen LogP contribution in [0, 0.1) is 23.7 Å². The molecule has 0 saturated heterocycles. The summed E-state index contributed by atoms with van der Waals surface area (Å²) >= 11 is 0. The van der Waals surface area contributed by atoms with Crippen molar-refractivity contribution in [3.63, 3.8) is 0 Å². The SMILES string of the molecule is C1CC2C3CCC(C3)C2C1.C=C(C)C(=O)C(C)=O.C=C(C)C(=O)OCC. The average Bonchev–Trinajstić information content (AvgIpc) is 3.29. The zero-order valence-electron chi connectivity index (χ0n) is 16.8. The minimum absolute atomic E-state index is 0.303. The maximum atomic E-state index is 10.4. The highest BCUT2D eigenvalue weighted by molar-refractivity contribution is 6.42. The molecular formula is C22H34O4. The minimum Gasteiger partial charge on any atom is -0.463 e. The predicted octanol–water partition coefficient (Wildman–Crippen LogP) is 4.68. The summed E-state index contributed by atoms with van der Waals surface area (Å²) in [6.45, 7) is 13.3. The summed E-state index contributed by atoms with van der Waals surface area (Å²) in [7, 11) is 0. The smallest absolute Gasteiger partial charge is 0.333 e. The van der Waals surface area contributed by atoms with Crippen LogP contribution in [0.2, 0.25) is 0 Å². The molecule has 4 unspecified atom stereocenters. The second-order valence-electron chi connectivity index (χ2n) is 7.76. The number of esters is 1. The van der Waals surface area contributed by atoms with Gasteiger partial charge in [-0.25, -0.2) is 4.79 Å². The number of carbonyl (C=O) groups is 3. The van der Waals surface area contributed by atoms with Gasteiger partial charge in [0.2, 0.25) is 5.78 Å². The normalized spacial score (nSPS) is 27.2. The molecule has 3 rings (SSSR count). The first-order valence-corrected chi connectivity index (χ1v) is 9.72. The molecule has 0 radical (unpaired) electrons. The van der Waals surface area contributed by atoms with Crippen molar-refractivity contribution in [3.8, 4) is 0 Å². The van der Waals surface area contributed by atoms with Crippen molar-refractivity contribution in [2.75, 3.05) is 6.61 Å². The molecule has 26 heavy (non-hydrogen) atoms. The van der Waals surface area contributed by atoms with Crippen molar-refractivity contribution in [1.82, 2.24) is 0 Å². The lowest BCUT2D eigenvalue weighted by Gasteiger charge is -2.23. The van der Waals surface area contributed by atoms with E-state index in [1.165, 1.54) is 37.5 Å². The van der Waals surface area contributed by atoms with Crippen molar-refractivity contribution >= 4 is 17.5 Å². The lowest BCUT2D eigenvalue weighted by atomic mass is 9.82. The van der Waals surface area contributed by atoms with Crippen LogP contribution in [-0.4, -0.2) is 24.1 Å². The van der Waals surface area contributed by atoms with Crippen LogP contribution in [0.25, 0.3) is 0 Å². The Hall–Kier alpha value is -1.71. The molecule has 3 fully saturated rings. The van der Waals surface area contributed by atoms with E-state index in [9.17, 15) is 14.4 Å². The van der Waals surface area contributed by atoms with Crippen LogP contribution in [0.5, 0.6) is 0 Å². The number of hydrogen-bond donors (Lipinski definition) is 0. The Morgan fingerprint density at radius 2 is 1.38 bits per heavy atom. The van der Waals surface area contributed by atoms with Gasteiger partial charge in [-0.1, -0.05) is 19.6 Å². The molecule has 0 aromatic rings. The maximum absolute atomic E-state index is 10.4. The molecule has 3 aliphatic rings. The van der Waals surface area contributed by atoms with Crippen LogP contribution in [0.1, 0.15) is 66.2 Å². The molecule has 0 aliphatic heterocycles. The summed E-state index contributed by atoms with van der Waals surface area (Å²) in [5.41, 5.74) is 0.754. The fraction of sp³-hybridized carbons (Fsp3) is 0.682. The van der Waals surface area contributed by atoms with Crippen LogP contribution in [-0.2, 0) is 19.1 Å². The monoisotopic (exact) mass is 362 g/mol. The summed E-state index contributed by atoms with van der Waals surface area (Å²) in [6.07, 6.45) is 9.53. The van der Waals surface area contributed by atoms with Gasteiger partial charge in [0.05, 0.1) is 6.61 Å². The van der Waals surface area contributed by atoms with Gasteiger partial charge in [-0.05, 0) is 82.1 Å². The van der Waals surface area contributed by atoms with Gasteiger partial charge in [0.25, 0.3) is 0 Å². The highest BCUT2D eigenvalue weighted by Crippen LogP contribution is 2.58. The number of Topliss-reactive ketones (excluding diaryl/α,β-unsaturated/α-hetero) is 2. The van der Waals surface area contributed by atoms with Gasteiger partial charge in [-0.2, -0.15) is 0 Å². The molecule has 0 amide bonds.